The molecule has 0 aromatic rings. The molecule has 0 aromatic heterocycles. The van der Waals surface area contributed by atoms with E-state index >= 15 is 0 Å². The molecule has 0 aliphatic carbocycles. The topological polar surface area (TPSA) is 98.7 Å². The Morgan fingerprint density at radius 2 is 1.59 bits per heavy atom. The van der Waals surface area contributed by atoms with Gasteiger partial charge in [-0.05, 0) is 71.1 Å². The lowest BCUT2D eigenvalue weighted by Gasteiger charge is -2.55. The van der Waals surface area contributed by atoms with Crippen LogP contribution in [0.25, 0.3) is 0 Å². The highest BCUT2D eigenvalue weighted by Crippen LogP contribution is 2.50. The summed E-state index contributed by atoms with van der Waals surface area (Å²) in [6, 6.07) is 0.355. The van der Waals surface area contributed by atoms with E-state index in [0.717, 1.165) is 89.4 Å². The van der Waals surface area contributed by atoms with Gasteiger partial charge in [-0.15, -0.1) is 0 Å². The lowest BCUT2D eigenvalue weighted by molar-refractivity contribution is -0.194. The van der Waals surface area contributed by atoms with E-state index in [1.807, 2.05) is 0 Å². The SMILES string of the molecule is CC[C@H]1C=CCC[C@@]2(C[C@@H]3CC[C@@H]4[C@H](C(=O)OCCCCCCCCCCCCCCCCC(=O)OC)[C@]5(CCC[C@@H](C)O5)N=C(N2)N34)O1. The minimum Gasteiger partial charge on any atom is -0.469 e. The number of hydrogen-bond acceptors (Lipinski definition) is 9. The molecule has 0 radical (unpaired) electrons. The predicted molar refractivity (Wildman–Crippen MR) is 193 cm³/mol. The van der Waals surface area contributed by atoms with Crippen molar-refractivity contribution >= 4 is 17.9 Å². The Bertz CT molecular complexity index is 1110. The van der Waals surface area contributed by atoms with Crippen molar-refractivity contribution in [3.63, 3.8) is 0 Å². The number of aliphatic imine (C=N–C) groups is 1. The average molecular weight is 686 g/mol. The van der Waals surface area contributed by atoms with Crippen molar-refractivity contribution in [3.05, 3.63) is 12.2 Å². The first-order valence-corrected chi connectivity index (χ1v) is 20.3. The van der Waals surface area contributed by atoms with Gasteiger partial charge in [-0.3, -0.25) is 9.59 Å². The zero-order valence-corrected chi connectivity index (χ0v) is 31.1. The fourth-order valence-electron chi connectivity index (χ4n) is 9.14. The van der Waals surface area contributed by atoms with Gasteiger partial charge in [0.1, 0.15) is 11.6 Å². The number of hydrogen-bond donors (Lipinski definition) is 1. The second-order valence-corrected chi connectivity index (χ2v) is 15.6. The molecule has 5 aliphatic heterocycles. The standard InChI is InChI=1S/C40H67N3O6/c1-4-33-23-18-19-27-39(49-33)30-32-25-26-34-36(40(28-21-22-31(2)48-40)42-38(41-39)43(32)34)37(45)47-29-20-16-14-12-10-8-6-5-7-9-11-13-15-17-24-35(44)46-3/h18,23,31-34,36H,4-17,19-22,24-30H2,1-3H3,(H,41,42)/t31-,32+,33+,34-,36-,39+,40-/m1/s1. The summed E-state index contributed by atoms with van der Waals surface area (Å²) in [4.78, 5) is 32.9. The molecule has 2 spiro atoms. The van der Waals surface area contributed by atoms with Crippen molar-refractivity contribution in [2.75, 3.05) is 13.7 Å². The number of carbonyl (C=O) groups is 2. The zero-order chi connectivity index (χ0) is 34.5. The molecule has 9 heteroatoms. The van der Waals surface area contributed by atoms with E-state index in [1.165, 1.54) is 71.3 Å². The Morgan fingerprint density at radius 3 is 2.24 bits per heavy atom. The average Bonchev–Trinajstić information content (AvgIpc) is 3.39. The Hall–Kier alpha value is -2.13. The highest BCUT2D eigenvalue weighted by molar-refractivity contribution is 5.87. The molecule has 5 heterocycles. The molecule has 0 amide bonds. The summed E-state index contributed by atoms with van der Waals surface area (Å²) < 4.78 is 24.2. The lowest BCUT2D eigenvalue weighted by atomic mass is 9.80. The van der Waals surface area contributed by atoms with Crippen LogP contribution in [0.3, 0.4) is 0 Å². The largest absolute Gasteiger partial charge is 0.469 e. The van der Waals surface area contributed by atoms with Crippen molar-refractivity contribution < 1.29 is 28.5 Å². The molecule has 0 bridgehead atoms. The minimum atomic E-state index is -0.871. The molecule has 9 nitrogen and oxygen atoms in total. The smallest absolute Gasteiger partial charge is 0.316 e. The molecular weight excluding hydrogens is 618 g/mol. The van der Waals surface area contributed by atoms with Gasteiger partial charge in [0.25, 0.3) is 0 Å². The Balaban J connectivity index is 1.02. The molecular formula is C40H67N3O6. The Kier molecular flexibility index (Phi) is 14.7. The van der Waals surface area contributed by atoms with Crippen LogP contribution in [0.4, 0.5) is 0 Å². The highest BCUT2D eigenvalue weighted by atomic mass is 16.6. The van der Waals surface area contributed by atoms with Gasteiger partial charge in [0, 0.05) is 18.9 Å². The number of ether oxygens (including phenoxy) is 4. The number of methoxy groups -OCH3 is 1. The van der Waals surface area contributed by atoms with E-state index in [9.17, 15) is 9.59 Å². The minimum absolute atomic E-state index is 0.0454. The molecule has 0 unspecified atom stereocenters. The molecule has 3 fully saturated rings. The van der Waals surface area contributed by atoms with Gasteiger partial charge < -0.3 is 29.2 Å². The predicted octanol–water partition coefficient (Wildman–Crippen LogP) is 8.49. The van der Waals surface area contributed by atoms with E-state index < -0.39 is 17.4 Å². The van der Waals surface area contributed by atoms with Crippen LogP contribution in [-0.4, -0.2) is 72.3 Å². The van der Waals surface area contributed by atoms with Crippen LogP contribution in [0.2, 0.25) is 0 Å². The van der Waals surface area contributed by atoms with E-state index in [1.54, 1.807) is 0 Å². The Labute approximate surface area is 296 Å². The summed E-state index contributed by atoms with van der Waals surface area (Å²) >= 11 is 0. The van der Waals surface area contributed by atoms with Crippen LogP contribution in [0.1, 0.15) is 168 Å². The third-order valence-electron chi connectivity index (χ3n) is 11.8. The normalized spacial score (nSPS) is 32.0. The fraction of sp³-hybridized carbons (Fsp3) is 0.875. The maximum absolute atomic E-state index is 14.0. The van der Waals surface area contributed by atoms with Gasteiger partial charge in [0.15, 0.2) is 11.7 Å². The molecule has 0 saturated carbocycles. The number of rotatable bonds is 19. The highest BCUT2D eigenvalue weighted by Gasteiger charge is 2.62. The van der Waals surface area contributed by atoms with Crippen LogP contribution in [0.5, 0.6) is 0 Å². The van der Waals surface area contributed by atoms with Crippen molar-refractivity contribution in [1.82, 2.24) is 10.2 Å². The fourth-order valence-corrected chi connectivity index (χ4v) is 9.14. The van der Waals surface area contributed by atoms with Crippen molar-refractivity contribution in [3.8, 4) is 0 Å². The van der Waals surface area contributed by atoms with Crippen LogP contribution in [-0.2, 0) is 28.5 Å². The maximum Gasteiger partial charge on any atom is 0.316 e. The van der Waals surface area contributed by atoms with E-state index in [2.05, 4.69) is 36.2 Å². The van der Waals surface area contributed by atoms with Crippen molar-refractivity contribution in [1.29, 1.82) is 0 Å². The van der Waals surface area contributed by atoms with Crippen LogP contribution in [0, 0.1) is 5.92 Å². The maximum atomic E-state index is 14.0. The van der Waals surface area contributed by atoms with E-state index in [0.29, 0.717) is 19.1 Å². The molecule has 0 aromatic carbocycles. The summed E-state index contributed by atoms with van der Waals surface area (Å²) in [6.45, 7) is 4.79. The molecule has 278 valence electrons. The first-order chi connectivity index (χ1) is 23.9. The second kappa shape index (κ2) is 18.9. The third kappa shape index (κ3) is 10.2. The van der Waals surface area contributed by atoms with Gasteiger partial charge in [-0.25, -0.2) is 4.99 Å². The van der Waals surface area contributed by atoms with Gasteiger partial charge in [0.05, 0.1) is 32.0 Å². The van der Waals surface area contributed by atoms with Gasteiger partial charge in [0.2, 0.25) is 0 Å². The van der Waals surface area contributed by atoms with Gasteiger partial charge >= 0.3 is 11.9 Å². The summed E-state index contributed by atoms with van der Waals surface area (Å²) in [6.07, 6.45) is 30.7. The molecule has 5 aliphatic rings. The van der Waals surface area contributed by atoms with Crippen molar-refractivity contribution in [2.24, 2.45) is 10.9 Å². The van der Waals surface area contributed by atoms with Crippen LogP contribution >= 0.6 is 0 Å². The summed E-state index contributed by atoms with van der Waals surface area (Å²) in [7, 11) is 1.46. The monoisotopic (exact) mass is 686 g/mol. The van der Waals surface area contributed by atoms with E-state index in [-0.39, 0.29) is 30.2 Å². The lowest BCUT2D eigenvalue weighted by Crippen LogP contribution is -2.71. The summed E-state index contributed by atoms with van der Waals surface area (Å²) in [5.41, 5.74) is -1.30. The molecule has 5 rings (SSSR count). The number of guanidine groups is 1. The first-order valence-electron chi connectivity index (χ1n) is 20.3. The van der Waals surface area contributed by atoms with E-state index in [4.69, 9.17) is 23.9 Å². The number of nitrogens with zero attached hydrogens (tertiary/aromatic N) is 2. The number of unbranched alkanes of at least 4 members (excludes halogenated alkanes) is 13. The molecule has 7 atom stereocenters. The summed E-state index contributed by atoms with van der Waals surface area (Å²) in [5.74, 6) is 0.267. The first kappa shape index (κ1) is 38.1. The number of carbonyl (C=O) groups excluding carboxylic acids is 2. The molecule has 3 saturated heterocycles. The molecule has 49 heavy (non-hydrogen) atoms. The number of nitrogens with one attached hydrogen (secondary N) is 1. The van der Waals surface area contributed by atoms with Crippen LogP contribution < -0.4 is 5.32 Å². The second-order valence-electron chi connectivity index (χ2n) is 15.6. The summed E-state index contributed by atoms with van der Waals surface area (Å²) in [5, 5.41) is 3.80. The Morgan fingerprint density at radius 1 is 0.918 bits per heavy atom. The van der Waals surface area contributed by atoms with Gasteiger partial charge in [-0.1, -0.05) is 96.1 Å². The zero-order valence-electron chi connectivity index (χ0n) is 31.1. The molecule has 1 N–H and O–H groups in total. The number of esters is 2. The van der Waals surface area contributed by atoms with Crippen LogP contribution in [0.15, 0.2) is 17.1 Å². The number of allylic oxidation sites excluding steroid dienone is 1. The third-order valence-corrected chi connectivity index (χ3v) is 11.8. The van der Waals surface area contributed by atoms with Crippen molar-refractivity contribution in [2.45, 2.75) is 204 Å². The quantitative estimate of drug-likeness (QED) is 0.0821. The van der Waals surface area contributed by atoms with Gasteiger partial charge in [-0.2, -0.15) is 0 Å².